The third-order valence-corrected chi connectivity index (χ3v) is 5.65. The molecular formula is C24H37N3O2. The summed E-state index contributed by atoms with van der Waals surface area (Å²) in [6.45, 7) is 10.3. The lowest BCUT2D eigenvalue weighted by atomic mass is 9.81. The van der Waals surface area contributed by atoms with Gasteiger partial charge in [-0.15, -0.1) is 0 Å². The Morgan fingerprint density at radius 2 is 1.72 bits per heavy atom. The molecule has 29 heavy (non-hydrogen) atoms. The van der Waals surface area contributed by atoms with Crippen molar-refractivity contribution < 1.29 is 9.59 Å². The van der Waals surface area contributed by atoms with Crippen LogP contribution in [0.2, 0.25) is 0 Å². The van der Waals surface area contributed by atoms with Gasteiger partial charge in [-0.05, 0) is 24.3 Å². The molecule has 1 heterocycles. The molecule has 1 saturated heterocycles. The predicted octanol–water partition coefficient (Wildman–Crippen LogP) is 3.41. The van der Waals surface area contributed by atoms with Crippen molar-refractivity contribution in [3.63, 3.8) is 0 Å². The van der Waals surface area contributed by atoms with Gasteiger partial charge in [0.2, 0.25) is 11.8 Å². The van der Waals surface area contributed by atoms with E-state index >= 15 is 0 Å². The van der Waals surface area contributed by atoms with Gasteiger partial charge in [0.05, 0.1) is 0 Å². The molecule has 0 unspecified atom stereocenters. The summed E-state index contributed by atoms with van der Waals surface area (Å²) >= 11 is 0. The van der Waals surface area contributed by atoms with Gasteiger partial charge in [-0.25, -0.2) is 0 Å². The van der Waals surface area contributed by atoms with Gasteiger partial charge in [-0.3, -0.25) is 14.5 Å². The molecule has 0 aromatic heterocycles. The normalized spacial score (nSPS) is 17.6. The van der Waals surface area contributed by atoms with Gasteiger partial charge in [0, 0.05) is 44.6 Å². The topological polar surface area (TPSA) is 66.6 Å². The molecule has 0 saturated carbocycles. The Bertz CT molecular complexity index is 664. The van der Waals surface area contributed by atoms with Crippen LogP contribution in [0.5, 0.6) is 0 Å². The zero-order valence-electron chi connectivity index (χ0n) is 18.2. The summed E-state index contributed by atoms with van der Waals surface area (Å²) in [7, 11) is 0. The van der Waals surface area contributed by atoms with Gasteiger partial charge in [-0.1, -0.05) is 69.7 Å². The number of carbonyl (C=O) groups is 2. The van der Waals surface area contributed by atoms with E-state index in [4.69, 9.17) is 5.73 Å². The van der Waals surface area contributed by atoms with Crippen LogP contribution in [-0.4, -0.2) is 54.3 Å². The van der Waals surface area contributed by atoms with E-state index in [0.29, 0.717) is 31.8 Å². The quantitative estimate of drug-likeness (QED) is 0.656. The van der Waals surface area contributed by atoms with Gasteiger partial charge in [0.1, 0.15) is 0 Å². The SMILES string of the molecule is CCC[C@H](C(N)=O)[C@@H](CC(C)C)C(=O)N1CCN(CC=Cc2ccccc2)CC1. The second kappa shape index (κ2) is 11.8. The molecule has 2 rings (SSSR count). The summed E-state index contributed by atoms with van der Waals surface area (Å²) < 4.78 is 0. The van der Waals surface area contributed by atoms with E-state index < -0.39 is 0 Å². The highest BCUT2D eigenvalue weighted by molar-refractivity contribution is 5.87. The van der Waals surface area contributed by atoms with Crippen LogP contribution in [-0.2, 0) is 9.59 Å². The Hall–Kier alpha value is -2.14. The van der Waals surface area contributed by atoms with Crippen LogP contribution in [0.3, 0.4) is 0 Å². The Morgan fingerprint density at radius 3 is 2.28 bits per heavy atom. The van der Waals surface area contributed by atoms with Crippen molar-refractivity contribution in [1.29, 1.82) is 0 Å². The first-order valence-electron chi connectivity index (χ1n) is 10.9. The molecule has 1 aromatic carbocycles. The average molecular weight is 400 g/mol. The number of nitrogens with zero attached hydrogens (tertiary/aromatic N) is 2. The largest absolute Gasteiger partial charge is 0.369 e. The van der Waals surface area contributed by atoms with Gasteiger partial charge < -0.3 is 10.6 Å². The molecule has 0 radical (unpaired) electrons. The highest BCUT2D eigenvalue weighted by Gasteiger charge is 2.35. The molecule has 5 heteroatoms. The van der Waals surface area contributed by atoms with Crippen molar-refractivity contribution in [2.75, 3.05) is 32.7 Å². The molecule has 5 nitrogen and oxygen atoms in total. The van der Waals surface area contributed by atoms with Crippen LogP contribution >= 0.6 is 0 Å². The molecule has 1 aromatic rings. The van der Waals surface area contributed by atoms with Crippen LogP contribution in [0.1, 0.15) is 45.6 Å². The number of rotatable bonds is 10. The number of amides is 2. The lowest BCUT2D eigenvalue weighted by molar-refractivity contribution is -0.143. The van der Waals surface area contributed by atoms with Crippen LogP contribution in [0.4, 0.5) is 0 Å². The van der Waals surface area contributed by atoms with E-state index in [1.807, 2.05) is 30.0 Å². The smallest absolute Gasteiger partial charge is 0.226 e. The van der Waals surface area contributed by atoms with E-state index in [-0.39, 0.29) is 23.7 Å². The third kappa shape index (κ3) is 7.32. The minimum absolute atomic E-state index is 0.107. The van der Waals surface area contributed by atoms with Crippen LogP contribution in [0, 0.1) is 17.8 Å². The van der Waals surface area contributed by atoms with Gasteiger partial charge >= 0.3 is 0 Å². The minimum Gasteiger partial charge on any atom is -0.369 e. The average Bonchev–Trinajstić information content (AvgIpc) is 2.71. The molecule has 2 N–H and O–H groups in total. The molecule has 2 atom stereocenters. The summed E-state index contributed by atoms with van der Waals surface area (Å²) in [5, 5.41) is 0. The van der Waals surface area contributed by atoms with Crippen LogP contribution < -0.4 is 5.73 Å². The summed E-state index contributed by atoms with van der Waals surface area (Å²) in [4.78, 5) is 29.6. The molecule has 0 bridgehead atoms. The summed E-state index contributed by atoms with van der Waals surface area (Å²) in [5.41, 5.74) is 6.87. The predicted molar refractivity (Wildman–Crippen MR) is 119 cm³/mol. The fraction of sp³-hybridized carbons (Fsp3) is 0.583. The Morgan fingerprint density at radius 1 is 1.07 bits per heavy atom. The van der Waals surface area contributed by atoms with Crippen molar-refractivity contribution in [2.45, 2.75) is 40.0 Å². The monoisotopic (exact) mass is 399 g/mol. The summed E-state index contributed by atoms with van der Waals surface area (Å²) in [6.07, 6.45) is 6.57. The van der Waals surface area contributed by atoms with E-state index in [1.54, 1.807) is 0 Å². The highest BCUT2D eigenvalue weighted by atomic mass is 16.2. The number of piperazine rings is 1. The highest BCUT2D eigenvalue weighted by Crippen LogP contribution is 2.27. The molecule has 1 fully saturated rings. The Kier molecular flexibility index (Phi) is 9.39. The maximum Gasteiger partial charge on any atom is 0.226 e. The first kappa shape index (κ1) is 23.1. The first-order chi connectivity index (χ1) is 13.9. The van der Waals surface area contributed by atoms with Gasteiger partial charge in [0.15, 0.2) is 0 Å². The molecular weight excluding hydrogens is 362 g/mol. The standard InChI is InChI=1S/C24H37N3O2/c1-4-9-21(23(25)28)22(18-19(2)3)24(29)27-16-14-26(15-17-27)13-8-12-20-10-6-5-7-11-20/h5-8,10-12,19,21-22H,4,9,13-18H2,1-3H3,(H2,25,28)/t21-,22+/m0/s1. The summed E-state index contributed by atoms with van der Waals surface area (Å²) in [5.74, 6) is -0.531. The molecule has 0 aliphatic carbocycles. The lowest BCUT2D eigenvalue weighted by Crippen LogP contribution is -2.52. The zero-order chi connectivity index (χ0) is 21.2. The van der Waals surface area contributed by atoms with Gasteiger partial charge in [-0.2, -0.15) is 0 Å². The fourth-order valence-corrected chi connectivity index (χ4v) is 4.09. The minimum atomic E-state index is -0.360. The van der Waals surface area contributed by atoms with Crippen molar-refractivity contribution in [3.8, 4) is 0 Å². The number of carbonyl (C=O) groups excluding carboxylic acids is 2. The van der Waals surface area contributed by atoms with E-state index in [9.17, 15) is 9.59 Å². The molecule has 1 aliphatic heterocycles. The number of primary amides is 1. The molecule has 1 aliphatic rings. The molecule has 160 valence electrons. The van der Waals surface area contributed by atoms with Crippen molar-refractivity contribution in [2.24, 2.45) is 23.5 Å². The fourth-order valence-electron chi connectivity index (χ4n) is 4.09. The molecule has 0 spiro atoms. The van der Waals surface area contributed by atoms with Crippen molar-refractivity contribution in [3.05, 3.63) is 42.0 Å². The maximum absolute atomic E-state index is 13.2. The second-order valence-corrected chi connectivity index (χ2v) is 8.47. The second-order valence-electron chi connectivity index (χ2n) is 8.47. The molecule has 2 amide bonds. The zero-order valence-corrected chi connectivity index (χ0v) is 18.2. The van der Waals surface area contributed by atoms with Gasteiger partial charge in [0.25, 0.3) is 0 Å². The van der Waals surface area contributed by atoms with Crippen LogP contribution in [0.15, 0.2) is 36.4 Å². The number of nitrogens with two attached hydrogens (primary N) is 1. The lowest BCUT2D eigenvalue weighted by Gasteiger charge is -2.37. The first-order valence-corrected chi connectivity index (χ1v) is 10.9. The third-order valence-electron chi connectivity index (χ3n) is 5.65. The Balaban J connectivity index is 1.92. The number of hydrogen-bond acceptors (Lipinski definition) is 3. The Labute approximate surface area is 175 Å². The van der Waals surface area contributed by atoms with Crippen molar-refractivity contribution >= 4 is 17.9 Å². The van der Waals surface area contributed by atoms with Crippen LogP contribution in [0.25, 0.3) is 6.08 Å². The number of hydrogen-bond donors (Lipinski definition) is 1. The van der Waals surface area contributed by atoms with E-state index in [0.717, 1.165) is 26.1 Å². The van der Waals surface area contributed by atoms with E-state index in [2.05, 4.69) is 43.0 Å². The summed E-state index contributed by atoms with van der Waals surface area (Å²) in [6, 6.07) is 10.3. The maximum atomic E-state index is 13.2. The van der Waals surface area contributed by atoms with Crippen molar-refractivity contribution in [1.82, 2.24) is 9.80 Å². The van der Waals surface area contributed by atoms with E-state index in [1.165, 1.54) is 5.56 Å². The number of benzene rings is 1.